The Hall–Kier alpha value is -2.25. The summed E-state index contributed by atoms with van der Waals surface area (Å²) in [6, 6.07) is 10.1. The molecule has 8 heteroatoms. The standard InChI is InChI=1S/C16H15ClN2O4S/c1-10-16(20)18-13-5-3-4-6-14(13)19(10)24(21,22)11-7-8-15(23-2)12(17)9-11/h3-10H,1-2H3,(H,18,20). The van der Waals surface area contributed by atoms with Crippen molar-refractivity contribution >= 4 is 38.9 Å². The van der Waals surface area contributed by atoms with Crippen molar-refractivity contribution in [1.82, 2.24) is 0 Å². The molecule has 1 heterocycles. The fraction of sp³-hybridized carbons (Fsp3) is 0.188. The molecule has 1 atom stereocenters. The van der Waals surface area contributed by atoms with Gasteiger partial charge in [0.25, 0.3) is 10.0 Å². The highest BCUT2D eigenvalue weighted by Crippen LogP contribution is 2.37. The van der Waals surface area contributed by atoms with Crippen LogP contribution in [0, 0.1) is 0 Å². The van der Waals surface area contributed by atoms with Gasteiger partial charge in [-0.3, -0.25) is 9.10 Å². The number of fused-ring (bicyclic) bond motifs is 1. The molecule has 1 unspecified atom stereocenters. The molecule has 0 saturated heterocycles. The van der Waals surface area contributed by atoms with Crippen molar-refractivity contribution in [2.75, 3.05) is 16.7 Å². The second-order valence-corrected chi connectivity index (χ2v) is 7.50. The van der Waals surface area contributed by atoms with Crippen molar-refractivity contribution in [3.63, 3.8) is 0 Å². The van der Waals surface area contributed by atoms with Gasteiger partial charge in [-0.2, -0.15) is 0 Å². The predicted octanol–water partition coefficient (Wildman–Crippen LogP) is 2.88. The van der Waals surface area contributed by atoms with Crippen LogP contribution in [0.3, 0.4) is 0 Å². The Morgan fingerprint density at radius 3 is 2.58 bits per heavy atom. The lowest BCUT2D eigenvalue weighted by Gasteiger charge is -2.35. The Kier molecular flexibility index (Phi) is 4.15. The number of hydrogen-bond acceptors (Lipinski definition) is 4. The Morgan fingerprint density at radius 1 is 1.21 bits per heavy atom. The lowest BCUT2D eigenvalue weighted by molar-refractivity contribution is -0.117. The van der Waals surface area contributed by atoms with Crippen LogP contribution in [0.1, 0.15) is 6.92 Å². The maximum Gasteiger partial charge on any atom is 0.265 e. The molecule has 1 aliphatic rings. The molecule has 24 heavy (non-hydrogen) atoms. The Balaban J connectivity index is 2.15. The molecular formula is C16H15ClN2O4S. The Bertz CT molecular complexity index is 914. The number of benzene rings is 2. The molecule has 1 amide bonds. The summed E-state index contributed by atoms with van der Waals surface area (Å²) in [7, 11) is -2.53. The van der Waals surface area contributed by atoms with Gasteiger partial charge in [0.05, 0.1) is 28.4 Å². The van der Waals surface area contributed by atoms with Crippen LogP contribution in [0.2, 0.25) is 5.02 Å². The topological polar surface area (TPSA) is 75.7 Å². The molecule has 3 rings (SSSR count). The first-order chi connectivity index (χ1) is 11.4. The van der Waals surface area contributed by atoms with E-state index in [1.54, 1.807) is 24.3 Å². The van der Waals surface area contributed by atoms with E-state index in [2.05, 4.69) is 5.32 Å². The molecule has 0 spiro atoms. The number of anilines is 2. The van der Waals surface area contributed by atoms with Crippen LogP contribution in [-0.4, -0.2) is 27.5 Å². The highest BCUT2D eigenvalue weighted by molar-refractivity contribution is 7.93. The molecule has 126 valence electrons. The van der Waals surface area contributed by atoms with Crippen LogP contribution in [0.5, 0.6) is 5.75 Å². The molecular weight excluding hydrogens is 352 g/mol. The van der Waals surface area contributed by atoms with E-state index in [1.165, 1.54) is 32.2 Å². The summed E-state index contributed by atoms with van der Waals surface area (Å²) >= 11 is 6.05. The average Bonchev–Trinajstić information content (AvgIpc) is 2.55. The quantitative estimate of drug-likeness (QED) is 0.906. The van der Waals surface area contributed by atoms with Crippen LogP contribution in [-0.2, 0) is 14.8 Å². The zero-order valence-electron chi connectivity index (χ0n) is 13.0. The van der Waals surface area contributed by atoms with E-state index in [-0.39, 0.29) is 9.92 Å². The predicted molar refractivity (Wildman–Crippen MR) is 92.2 cm³/mol. The number of carbonyl (C=O) groups excluding carboxylic acids is 1. The normalized spacial score (nSPS) is 17.2. The fourth-order valence-electron chi connectivity index (χ4n) is 2.58. The van der Waals surface area contributed by atoms with E-state index in [9.17, 15) is 13.2 Å². The minimum absolute atomic E-state index is 0.00958. The number of rotatable bonds is 3. The van der Waals surface area contributed by atoms with Gasteiger partial charge in [-0.15, -0.1) is 0 Å². The molecule has 1 aliphatic heterocycles. The number of nitrogens with one attached hydrogen (secondary N) is 1. The van der Waals surface area contributed by atoms with Crippen LogP contribution in [0.15, 0.2) is 47.4 Å². The smallest absolute Gasteiger partial charge is 0.265 e. The summed E-state index contributed by atoms with van der Waals surface area (Å²) in [4.78, 5) is 12.1. The average molecular weight is 367 g/mol. The largest absolute Gasteiger partial charge is 0.495 e. The Labute approximate surface area is 145 Å². The van der Waals surface area contributed by atoms with Gasteiger partial charge in [0.15, 0.2) is 0 Å². The number of hydrogen-bond donors (Lipinski definition) is 1. The SMILES string of the molecule is COc1ccc(S(=O)(=O)N2c3ccccc3NC(=O)C2C)cc1Cl. The molecule has 2 aromatic rings. The van der Waals surface area contributed by atoms with Gasteiger partial charge in [0.1, 0.15) is 11.8 Å². The van der Waals surface area contributed by atoms with E-state index in [0.29, 0.717) is 17.1 Å². The molecule has 0 aliphatic carbocycles. The number of ether oxygens (including phenoxy) is 1. The first kappa shape index (κ1) is 16.6. The van der Waals surface area contributed by atoms with Crippen molar-refractivity contribution in [1.29, 1.82) is 0 Å². The van der Waals surface area contributed by atoms with E-state index in [4.69, 9.17) is 16.3 Å². The number of carbonyl (C=O) groups is 1. The summed E-state index contributed by atoms with van der Waals surface area (Å²) in [5.41, 5.74) is 0.861. The molecule has 0 bridgehead atoms. The maximum atomic E-state index is 13.1. The number of halogens is 1. The first-order valence-electron chi connectivity index (χ1n) is 7.14. The maximum absolute atomic E-state index is 13.1. The molecule has 0 saturated carbocycles. The molecule has 0 radical (unpaired) electrons. The lowest BCUT2D eigenvalue weighted by Crippen LogP contribution is -2.49. The second-order valence-electron chi connectivity index (χ2n) is 5.28. The minimum atomic E-state index is -3.97. The van der Waals surface area contributed by atoms with Gasteiger partial charge in [0, 0.05) is 0 Å². The molecule has 0 fully saturated rings. The van der Waals surface area contributed by atoms with E-state index < -0.39 is 22.0 Å². The third kappa shape index (κ3) is 2.59. The molecule has 0 aromatic heterocycles. The van der Waals surface area contributed by atoms with Crippen molar-refractivity contribution in [2.45, 2.75) is 17.9 Å². The zero-order valence-corrected chi connectivity index (χ0v) is 14.6. The third-order valence-corrected chi connectivity index (χ3v) is 5.99. The van der Waals surface area contributed by atoms with Gasteiger partial charge >= 0.3 is 0 Å². The minimum Gasteiger partial charge on any atom is -0.495 e. The number of methoxy groups -OCH3 is 1. The number of sulfonamides is 1. The lowest BCUT2D eigenvalue weighted by atomic mass is 10.1. The van der Waals surface area contributed by atoms with Gasteiger partial charge < -0.3 is 10.1 Å². The van der Waals surface area contributed by atoms with E-state index >= 15 is 0 Å². The number of para-hydroxylation sites is 2. The summed E-state index contributed by atoms with van der Waals surface area (Å²) < 4.78 is 32.4. The fourth-order valence-corrected chi connectivity index (χ4v) is 4.57. The van der Waals surface area contributed by atoms with E-state index in [1.807, 2.05) is 0 Å². The highest BCUT2D eigenvalue weighted by Gasteiger charge is 2.38. The van der Waals surface area contributed by atoms with Crippen molar-refractivity contribution in [3.8, 4) is 5.75 Å². The zero-order chi connectivity index (χ0) is 17.5. The van der Waals surface area contributed by atoms with E-state index in [0.717, 1.165) is 4.31 Å². The van der Waals surface area contributed by atoms with Crippen LogP contribution >= 0.6 is 11.6 Å². The van der Waals surface area contributed by atoms with Crippen molar-refractivity contribution < 1.29 is 17.9 Å². The Morgan fingerprint density at radius 2 is 1.92 bits per heavy atom. The third-order valence-electron chi connectivity index (χ3n) is 3.81. The van der Waals surface area contributed by atoms with Gasteiger partial charge in [-0.05, 0) is 37.3 Å². The molecule has 1 N–H and O–H groups in total. The van der Waals surface area contributed by atoms with Crippen molar-refractivity contribution in [2.24, 2.45) is 0 Å². The number of amides is 1. The van der Waals surface area contributed by atoms with Crippen LogP contribution in [0.4, 0.5) is 11.4 Å². The summed E-state index contributed by atoms with van der Waals surface area (Å²) in [5.74, 6) is -0.0164. The van der Waals surface area contributed by atoms with Gasteiger partial charge in [-0.25, -0.2) is 8.42 Å². The highest BCUT2D eigenvalue weighted by atomic mass is 35.5. The summed E-state index contributed by atoms with van der Waals surface area (Å²) in [6.45, 7) is 1.54. The van der Waals surface area contributed by atoms with Crippen LogP contribution < -0.4 is 14.4 Å². The summed E-state index contributed by atoms with van der Waals surface area (Å²) in [6.07, 6.45) is 0. The molecule has 2 aromatic carbocycles. The second kappa shape index (κ2) is 5.99. The monoisotopic (exact) mass is 366 g/mol. The van der Waals surface area contributed by atoms with Crippen LogP contribution in [0.25, 0.3) is 0 Å². The van der Waals surface area contributed by atoms with Gasteiger partial charge in [-0.1, -0.05) is 23.7 Å². The van der Waals surface area contributed by atoms with Gasteiger partial charge in [0.2, 0.25) is 5.91 Å². The van der Waals surface area contributed by atoms with Crippen molar-refractivity contribution in [3.05, 3.63) is 47.5 Å². The first-order valence-corrected chi connectivity index (χ1v) is 8.96. The summed E-state index contributed by atoms with van der Waals surface area (Å²) in [5, 5.41) is 2.88. The number of nitrogens with zero attached hydrogens (tertiary/aromatic N) is 1. The molecule has 6 nitrogen and oxygen atoms in total.